The van der Waals surface area contributed by atoms with Crippen molar-refractivity contribution in [2.45, 2.75) is 24.1 Å². The highest BCUT2D eigenvalue weighted by atomic mass is 79.9. The maximum atomic E-state index is 11.8. The number of likely N-dealkylation sites (tertiary alicyclic amines) is 1. The van der Waals surface area contributed by atoms with E-state index in [0.29, 0.717) is 0 Å². The molecule has 1 amide bonds. The van der Waals surface area contributed by atoms with Gasteiger partial charge in [0.2, 0.25) is 5.91 Å². The van der Waals surface area contributed by atoms with E-state index in [1.165, 1.54) is 0 Å². The summed E-state index contributed by atoms with van der Waals surface area (Å²) < 4.78 is 1.79. The van der Waals surface area contributed by atoms with E-state index in [2.05, 4.69) is 21.0 Å². The predicted molar refractivity (Wildman–Crippen MR) is 65.4 cm³/mol. The second kappa shape index (κ2) is 4.99. The zero-order valence-electron chi connectivity index (χ0n) is 9.40. The molecular formula is C11H16BrN3O. The fourth-order valence-electron chi connectivity index (χ4n) is 1.96. The number of hydrogen-bond acceptors (Lipinski definition) is 2. The Hall–Kier alpha value is -0.840. The lowest BCUT2D eigenvalue weighted by Crippen LogP contribution is -2.42. The van der Waals surface area contributed by atoms with E-state index in [1.54, 1.807) is 4.68 Å². The molecule has 0 N–H and O–H groups in total. The van der Waals surface area contributed by atoms with Crippen molar-refractivity contribution in [2.75, 3.05) is 13.1 Å². The molecule has 1 unspecified atom stereocenters. The zero-order valence-corrected chi connectivity index (χ0v) is 11.0. The molecule has 0 aromatic carbocycles. The second-order valence-electron chi connectivity index (χ2n) is 4.17. The van der Waals surface area contributed by atoms with Gasteiger partial charge >= 0.3 is 0 Å². The van der Waals surface area contributed by atoms with E-state index < -0.39 is 0 Å². The van der Waals surface area contributed by atoms with Gasteiger partial charge in [-0.05, 0) is 18.9 Å². The maximum absolute atomic E-state index is 11.8. The Balaban J connectivity index is 1.87. The minimum atomic E-state index is 0.0185. The van der Waals surface area contributed by atoms with Gasteiger partial charge in [-0.15, -0.1) is 0 Å². The van der Waals surface area contributed by atoms with Gasteiger partial charge in [-0.1, -0.05) is 15.9 Å². The number of aromatic nitrogens is 2. The molecule has 1 atom stereocenters. The van der Waals surface area contributed by atoms with Crippen LogP contribution in [0.25, 0.3) is 0 Å². The lowest BCUT2D eigenvalue weighted by atomic mass is 10.1. The van der Waals surface area contributed by atoms with E-state index in [9.17, 15) is 4.79 Å². The molecule has 1 saturated heterocycles. The number of hydrogen-bond donors (Lipinski definition) is 0. The van der Waals surface area contributed by atoms with Crippen LogP contribution in [0, 0.1) is 0 Å². The first kappa shape index (κ1) is 11.6. The molecule has 88 valence electrons. The molecule has 1 aliphatic heterocycles. The van der Waals surface area contributed by atoms with E-state index in [0.717, 1.165) is 38.0 Å². The van der Waals surface area contributed by atoms with Gasteiger partial charge in [0, 0.05) is 32.8 Å². The Morgan fingerprint density at radius 2 is 2.44 bits per heavy atom. The number of carbonyl (C=O) groups excluding carboxylic acids is 1. The highest BCUT2D eigenvalue weighted by Crippen LogP contribution is 2.18. The van der Waals surface area contributed by atoms with E-state index >= 15 is 0 Å². The number of nitrogens with zero attached hydrogens (tertiary/aromatic N) is 3. The Bertz CT molecular complexity index is 377. The molecule has 2 rings (SSSR count). The summed E-state index contributed by atoms with van der Waals surface area (Å²) in [5, 5.41) is 4.31. The molecule has 1 aromatic heterocycles. The highest BCUT2D eigenvalue weighted by Gasteiger charge is 2.25. The van der Waals surface area contributed by atoms with Gasteiger partial charge in [0.15, 0.2) is 0 Å². The van der Waals surface area contributed by atoms with Crippen molar-refractivity contribution in [3.05, 3.63) is 18.0 Å². The van der Waals surface area contributed by atoms with Crippen molar-refractivity contribution in [2.24, 2.45) is 7.05 Å². The molecule has 4 nitrogen and oxygen atoms in total. The van der Waals surface area contributed by atoms with Gasteiger partial charge < -0.3 is 4.90 Å². The molecule has 0 spiro atoms. The molecule has 1 fully saturated rings. The van der Waals surface area contributed by atoms with Gasteiger partial charge in [0.25, 0.3) is 0 Å². The molecule has 0 radical (unpaired) electrons. The lowest BCUT2D eigenvalue weighted by molar-refractivity contribution is -0.132. The Morgan fingerprint density at radius 1 is 1.62 bits per heavy atom. The summed E-state index contributed by atoms with van der Waals surface area (Å²) in [7, 11) is 1.91. The molecule has 1 aromatic rings. The van der Waals surface area contributed by atoms with Crippen LogP contribution >= 0.6 is 15.9 Å². The number of aryl methyl sites for hydroxylation is 1. The SMILES string of the molecule is Cn1ccc(CCN2CCCC(Br)C2=O)n1. The van der Waals surface area contributed by atoms with Gasteiger partial charge in [0.1, 0.15) is 0 Å². The number of halogens is 1. The highest BCUT2D eigenvalue weighted by molar-refractivity contribution is 9.10. The van der Waals surface area contributed by atoms with E-state index in [1.807, 2.05) is 24.2 Å². The first-order valence-electron chi connectivity index (χ1n) is 5.58. The minimum absolute atomic E-state index is 0.0185. The fourth-order valence-corrected chi connectivity index (χ4v) is 2.57. The van der Waals surface area contributed by atoms with Crippen LogP contribution in [0.15, 0.2) is 12.3 Å². The average molecular weight is 286 g/mol. The Kier molecular flexibility index (Phi) is 3.63. The van der Waals surface area contributed by atoms with Crippen LogP contribution in [0.5, 0.6) is 0 Å². The first-order chi connectivity index (χ1) is 7.66. The summed E-state index contributed by atoms with van der Waals surface area (Å²) in [5.41, 5.74) is 1.05. The van der Waals surface area contributed by atoms with E-state index in [-0.39, 0.29) is 10.7 Å². The van der Waals surface area contributed by atoms with Crippen LogP contribution in [0.3, 0.4) is 0 Å². The van der Waals surface area contributed by atoms with Crippen molar-refractivity contribution < 1.29 is 4.79 Å². The van der Waals surface area contributed by atoms with Crippen LogP contribution in [0.2, 0.25) is 0 Å². The standard InChI is InChI=1S/C11H16BrN3O/c1-14-7-4-9(13-14)5-8-15-6-2-3-10(12)11(15)16/h4,7,10H,2-3,5-6,8H2,1H3. The van der Waals surface area contributed by atoms with Crippen LogP contribution in [-0.2, 0) is 18.3 Å². The summed E-state index contributed by atoms with van der Waals surface area (Å²) in [6, 6.07) is 2.00. The average Bonchev–Trinajstić information content (AvgIpc) is 2.67. The van der Waals surface area contributed by atoms with Gasteiger partial charge in [-0.2, -0.15) is 5.10 Å². The van der Waals surface area contributed by atoms with Crippen molar-refractivity contribution in [3.8, 4) is 0 Å². The van der Waals surface area contributed by atoms with Crippen LogP contribution < -0.4 is 0 Å². The van der Waals surface area contributed by atoms with Gasteiger partial charge in [0.05, 0.1) is 10.5 Å². The lowest BCUT2D eigenvalue weighted by Gasteiger charge is -2.29. The summed E-state index contributed by atoms with van der Waals surface area (Å²) in [6.45, 7) is 1.66. The summed E-state index contributed by atoms with van der Waals surface area (Å²) in [5.74, 6) is 0.224. The minimum Gasteiger partial charge on any atom is -0.341 e. The maximum Gasteiger partial charge on any atom is 0.236 e. The third-order valence-corrected chi connectivity index (χ3v) is 3.72. The summed E-state index contributed by atoms with van der Waals surface area (Å²) in [6.07, 6.45) is 4.82. The fraction of sp³-hybridized carbons (Fsp3) is 0.636. The molecular weight excluding hydrogens is 270 g/mol. The number of carbonyl (C=O) groups is 1. The summed E-state index contributed by atoms with van der Waals surface area (Å²) in [4.78, 5) is 13.8. The van der Waals surface area contributed by atoms with Crippen molar-refractivity contribution in [3.63, 3.8) is 0 Å². The molecule has 0 aliphatic carbocycles. The molecule has 0 bridgehead atoms. The predicted octanol–water partition coefficient (Wildman–Crippen LogP) is 1.35. The Morgan fingerprint density at radius 3 is 3.12 bits per heavy atom. The molecule has 2 heterocycles. The van der Waals surface area contributed by atoms with Crippen molar-refractivity contribution in [1.82, 2.24) is 14.7 Å². The number of amides is 1. The van der Waals surface area contributed by atoms with Crippen LogP contribution in [0.4, 0.5) is 0 Å². The largest absolute Gasteiger partial charge is 0.341 e. The normalized spacial score (nSPS) is 21.5. The number of piperidine rings is 1. The molecule has 5 heteroatoms. The van der Waals surface area contributed by atoms with Crippen molar-refractivity contribution in [1.29, 1.82) is 0 Å². The molecule has 0 saturated carbocycles. The van der Waals surface area contributed by atoms with Crippen molar-refractivity contribution >= 4 is 21.8 Å². The van der Waals surface area contributed by atoms with Gasteiger partial charge in [-0.25, -0.2) is 0 Å². The third-order valence-electron chi connectivity index (χ3n) is 2.87. The number of rotatable bonds is 3. The quantitative estimate of drug-likeness (QED) is 0.787. The smallest absolute Gasteiger partial charge is 0.236 e. The van der Waals surface area contributed by atoms with Gasteiger partial charge in [-0.3, -0.25) is 9.48 Å². The molecule has 1 aliphatic rings. The second-order valence-corrected chi connectivity index (χ2v) is 5.27. The summed E-state index contributed by atoms with van der Waals surface area (Å²) >= 11 is 3.41. The van der Waals surface area contributed by atoms with Crippen LogP contribution in [-0.4, -0.2) is 38.5 Å². The first-order valence-corrected chi connectivity index (χ1v) is 6.50. The molecule has 16 heavy (non-hydrogen) atoms. The Labute approximate surface area is 104 Å². The monoisotopic (exact) mass is 285 g/mol. The zero-order chi connectivity index (χ0) is 11.5. The van der Waals surface area contributed by atoms with Crippen LogP contribution in [0.1, 0.15) is 18.5 Å². The third kappa shape index (κ3) is 2.64. The number of alkyl halides is 1. The van der Waals surface area contributed by atoms with E-state index in [4.69, 9.17) is 0 Å². The topological polar surface area (TPSA) is 38.1 Å².